The van der Waals surface area contributed by atoms with E-state index in [2.05, 4.69) is 0 Å². The van der Waals surface area contributed by atoms with Crippen molar-refractivity contribution in [3.63, 3.8) is 0 Å². The second-order valence-electron chi connectivity index (χ2n) is 5.32. The number of aromatic nitrogens is 1. The summed E-state index contributed by atoms with van der Waals surface area (Å²) >= 11 is 0. The van der Waals surface area contributed by atoms with E-state index < -0.39 is 10.0 Å². The Morgan fingerprint density at radius 3 is 2.43 bits per heavy atom. The number of fused-ring (bicyclic) bond motifs is 1. The molecular weight excluding hydrogens is 314 g/mol. The first-order valence-electron chi connectivity index (χ1n) is 7.31. The molecule has 0 unspecified atom stereocenters. The molecule has 118 valence electrons. The first-order valence-corrected chi connectivity index (χ1v) is 8.75. The summed E-state index contributed by atoms with van der Waals surface area (Å²) in [4.78, 5) is 0.268. The molecule has 1 aromatic heterocycles. The molecule has 5 nitrogen and oxygen atoms in total. The molecule has 0 aliphatic carbocycles. The van der Waals surface area contributed by atoms with Crippen molar-refractivity contribution < 1.29 is 17.9 Å². The Morgan fingerprint density at radius 1 is 0.957 bits per heavy atom. The molecule has 2 aromatic carbocycles. The van der Waals surface area contributed by atoms with Crippen molar-refractivity contribution in [2.75, 3.05) is 13.2 Å². The molecule has 1 saturated heterocycles. The molecule has 1 aliphatic heterocycles. The van der Waals surface area contributed by atoms with Gasteiger partial charge in [0.2, 0.25) is 0 Å². The number of hydrogen-bond donors (Lipinski definition) is 0. The maximum absolute atomic E-state index is 12.8. The minimum Gasteiger partial charge on any atom is -0.346 e. The van der Waals surface area contributed by atoms with E-state index in [-0.39, 0.29) is 11.2 Å². The van der Waals surface area contributed by atoms with Crippen LogP contribution in [0.5, 0.6) is 0 Å². The fourth-order valence-corrected chi connectivity index (χ4v) is 4.12. The fourth-order valence-electron chi connectivity index (χ4n) is 2.75. The topological polar surface area (TPSA) is 57.5 Å². The van der Waals surface area contributed by atoms with E-state index in [9.17, 15) is 8.42 Å². The maximum atomic E-state index is 12.8. The monoisotopic (exact) mass is 329 g/mol. The van der Waals surface area contributed by atoms with Gasteiger partial charge in [0.05, 0.1) is 23.6 Å². The summed E-state index contributed by atoms with van der Waals surface area (Å²) in [5, 5.41) is 0.834. The number of ether oxygens (including phenoxy) is 2. The van der Waals surface area contributed by atoms with Gasteiger partial charge < -0.3 is 9.47 Å². The van der Waals surface area contributed by atoms with Crippen molar-refractivity contribution >= 4 is 20.9 Å². The second kappa shape index (κ2) is 5.49. The van der Waals surface area contributed by atoms with Crippen LogP contribution in [0.2, 0.25) is 0 Å². The molecule has 0 amide bonds. The Kier molecular flexibility index (Phi) is 3.45. The third-order valence-electron chi connectivity index (χ3n) is 3.87. The van der Waals surface area contributed by atoms with Crippen molar-refractivity contribution in [2.45, 2.75) is 11.2 Å². The average molecular weight is 329 g/mol. The van der Waals surface area contributed by atoms with Crippen LogP contribution < -0.4 is 0 Å². The van der Waals surface area contributed by atoms with E-state index in [1.165, 1.54) is 3.97 Å². The Bertz CT molecular complexity index is 941. The van der Waals surface area contributed by atoms with Crippen LogP contribution in [0.4, 0.5) is 0 Å². The Labute approximate surface area is 134 Å². The Balaban J connectivity index is 1.80. The van der Waals surface area contributed by atoms with Crippen LogP contribution >= 0.6 is 0 Å². The molecule has 6 heteroatoms. The van der Waals surface area contributed by atoms with Gasteiger partial charge in [0.25, 0.3) is 10.0 Å². The molecule has 0 saturated carbocycles. The van der Waals surface area contributed by atoms with Crippen molar-refractivity contribution in [3.8, 4) is 0 Å². The molecule has 4 rings (SSSR count). The Morgan fingerprint density at radius 2 is 1.70 bits per heavy atom. The quantitative estimate of drug-likeness (QED) is 0.741. The SMILES string of the molecule is O=S(=O)(c1ccccc1)n1ccc2cc(C3OCCO3)ccc21. The standard InChI is InChI=1S/C17H15NO4S/c19-23(20,15-4-2-1-3-5-15)18-9-8-13-12-14(6-7-16(13)18)17-21-10-11-22-17/h1-9,12,17H,10-11H2. The molecule has 0 atom stereocenters. The van der Waals surface area contributed by atoms with Gasteiger partial charge in [-0.15, -0.1) is 0 Å². The molecule has 1 fully saturated rings. The van der Waals surface area contributed by atoms with Crippen LogP contribution in [0.3, 0.4) is 0 Å². The number of nitrogens with zero attached hydrogens (tertiary/aromatic N) is 1. The Hall–Kier alpha value is -2.15. The van der Waals surface area contributed by atoms with Crippen molar-refractivity contribution in [3.05, 3.63) is 66.4 Å². The third-order valence-corrected chi connectivity index (χ3v) is 5.58. The van der Waals surface area contributed by atoms with Crippen LogP contribution in [0.1, 0.15) is 11.9 Å². The summed E-state index contributed by atoms with van der Waals surface area (Å²) in [6.07, 6.45) is 1.21. The predicted molar refractivity (Wildman–Crippen MR) is 85.6 cm³/mol. The number of benzene rings is 2. The molecule has 2 heterocycles. The predicted octanol–water partition coefficient (Wildman–Crippen LogP) is 2.92. The summed E-state index contributed by atoms with van der Waals surface area (Å²) in [6.45, 7) is 1.15. The van der Waals surface area contributed by atoms with E-state index >= 15 is 0 Å². The van der Waals surface area contributed by atoms with Gasteiger partial charge in [-0.05, 0) is 30.3 Å². The summed E-state index contributed by atoms with van der Waals surface area (Å²) in [7, 11) is -3.60. The van der Waals surface area contributed by atoms with E-state index in [4.69, 9.17) is 9.47 Å². The van der Waals surface area contributed by atoms with Gasteiger partial charge in [0.1, 0.15) is 0 Å². The van der Waals surface area contributed by atoms with E-state index in [1.54, 1.807) is 48.7 Å². The van der Waals surface area contributed by atoms with Crippen LogP contribution in [0, 0.1) is 0 Å². The zero-order chi connectivity index (χ0) is 15.9. The molecule has 0 radical (unpaired) electrons. The van der Waals surface area contributed by atoms with Crippen molar-refractivity contribution in [2.24, 2.45) is 0 Å². The van der Waals surface area contributed by atoms with E-state index in [1.807, 2.05) is 12.1 Å². The number of rotatable bonds is 3. The lowest BCUT2D eigenvalue weighted by molar-refractivity contribution is -0.0440. The number of hydrogen-bond acceptors (Lipinski definition) is 4. The molecule has 1 aliphatic rings. The largest absolute Gasteiger partial charge is 0.346 e. The molecular formula is C17H15NO4S. The average Bonchev–Trinajstić information content (AvgIpc) is 3.25. The van der Waals surface area contributed by atoms with E-state index in [0.717, 1.165) is 10.9 Å². The smallest absolute Gasteiger partial charge is 0.268 e. The van der Waals surface area contributed by atoms with E-state index in [0.29, 0.717) is 18.7 Å². The van der Waals surface area contributed by atoms with Crippen molar-refractivity contribution in [1.82, 2.24) is 3.97 Å². The lowest BCUT2D eigenvalue weighted by Crippen LogP contribution is -2.11. The van der Waals surface area contributed by atoms with Crippen LogP contribution in [-0.2, 0) is 19.5 Å². The zero-order valence-electron chi connectivity index (χ0n) is 12.3. The first kappa shape index (κ1) is 14.4. The zero-order valence-corrected chi connectivity index (χ0v) is 13.1. The maximum Gasteiger partial charge on any atom is 0.268 e. The lowest BCUT2D eigenvalue weighted by atomic mass is 10.1. The highest BCUT2D eigenvalue weighted by molar-refractivity contribution is 7.90. The molecule has 0 N–H and O–H groups in total. The molecule has 23 heavy (non-hydrogen) atoms. The van der Waals surface area contributed by atoms with Gasteiger partial charge >= 0.3 is 0 Å². The van der Waals surface area contributed by atoms with Gasteiger partial charge in [0, 0.05) is 17.1 Å². The second-order valence-corrected chi connectivity index (χ2v) is 7.14. The molecule has 0 spiro atoms. The minimum absolute atomic E-state index is 0.268. The summed E-state index contributed by atoms with van der Waals surface area (Å²) in [6, 6.07) is 15.7. The summed E-state index contributed by atoms with van der Waals surface area (Å²) in [5.74, 6) is 0. The third kappa shape index (κ3) is 2.45. The minimum atomic E-state index is -3.60. The van der Waals surface area contributed by atoms with Crippen LogP contribution in [0.15, 0.2) is 65.7 Å². The van der Waals surface area contributed by atoms with Gasteiger partial charge in [-0.1, -0.05) is 24.3 Å². The normalized spacial score (nSPS) is 16.2. The molecule has 0 bridgehead atoms. The van der Waals surface area contributed by atoms with Gasteiger partial charge in [-0.25, -0.2) is 12.4 Å². The van der Waals surface area contributed by atoms with Crippen molar-refractivity contribution in [1.29, 1.82) is 0 Å². The van der Waals surface area contributed by atoms with Gasteiger partial charge in [0.15, 0.2) is 6.29 Å². The first-order chi connectivity index (χ1) is 11.2. The lowest BCUT2D eigenvalue weighted by Gasteiger charge is -2.10. The highest BCUT2D eigenvalue weighted by Crippen LogP contribution is 2.28. The summed E-state index contributed by atoms with van der Waals surface area (Å²) in [5.41, 5.74) is 1.53. The molecule has 3 aromatic rings. The fraction of sp³-hybridized carbons (Fsp3) is 0.176. The highest BCUT2D eigenvalue weighted by Gasteiger charge is 2.21. The summed E-state index contributed by atoms with van der Waals surface area (Å²) < 4.78 is 37.8. The van der Waals surface area contributed by atoms with Crippen LogP contribution in [0.25, 0.3) is 10.9 Å². The van der Waals surface area contributed by atoms with Gasteiger partial charge in [-0.3, -0.25) is 0 Å². The van der Waals surface area contributed by atoms with Gasteiger partial charge in [-0.2, -0.15) is 0 Å². The van der Waals surface area contributed by atoms with Crippen LogP contribution in [-0.4, -0.2) is 25.6 Å². The highest BCUT2D eigenvalue weighted by atomic mass is 32.2.